The second kappa shape index (κ2) is 13.7. The molecule has 0 spiro atoms. The van der Waals surface area contributed by atoms with E-state index in [1.165, 1.54) is 0 Å². The van der Waals surface area contributed by atoms with Gasteiger partial charge in [-0.15, -0.1) is 0 Å². The third-order valence-electron chi connectivity index (χ3n) is 8.09. The minimum absolute atomic E-state index is 0.0386. The van der Waals surface area contributed by atoms with Gasteiger partial charge in [-0.2, -0.15) is 0 Å². The molecule has 2 N–H and O–H groups in total. The molecule has 5 aromatic rings. The summed E-state index contributed by atoms with van der Waals surface area (Å²) in [7, 11) is 0. The fourth-order valence-electron chi connectivity index (χ4n) is 5.84. The molecule has 6 rings (SSSR count). The van der Waals surface area contributed by atoms with Crippen molar-refractivity contribution in [3.63, 3.8) is 0 Å². The molecule has 0 aromatic heterocycles. The average molecular weight is 582 g/mol. The normalized spacial score (nSPS) is 14.0. The van der Waals surface area contributed by atoms with Gasteiger partial charge in [0.1, 0.15) is 11.5 Å². The van der Waals surface area contributed by atoms with Gasteiger partial charge in [0.05, 0.1) is 11.5 Å². The Labute approximate surface area is 258 Å². The van der Waals surface area contributed by atoms with Gasteiger partial charge in [0.15, 0.2) is 0 Å². The maximum atomic E-state index is 13.5. The third-order valence-corrected chi connectivity index (χ3v) is 8.09. The molecule has 2 amide bonds. The van der Waals surface area contributed by atoms with Crippen LogP contribution in [0.25, 0.3) is 0 Å². The maximum Gasteiger partial charge on any atom is 0.259 e. The van der Waals surface area contributed by atoms with Crippen molar-refractivity contribution in [2.45, 2.75) is 18.8 Å². The number of hydrogen-bond acceptors (Lipinski definition) is 4. The first-order valence-electron chi connectivity index (χ1n) is 15.0. The van der Waals surface area contributed by atoms with Crippen LogP contribution in [0, 0.1) is 5.92 Å². The molecule has 1 atom stereocenters. The van der Waals surface area contributed by atoms with Gasteiger partial charge in [0.2, 0.25) is 5.91 Å². The quantitative estimate of drug-likeness (QED) is 0.183. The van der Waals surface area contributed by atoms with Crippen LogP contribution in [0.1, 0.15) is 34.7 Å². The van der Waals surface area contributed by atoms with E-state index in [1.54, 1.807) is 12.1 Å². The number of nitrogens with zero attached hydrogens (tertiary/aromatic N) is 1. The number of rotatable bonds is 9. The van der Waals surface area contributed by atoms with E-state index in [-0.39, 0.29) is 23.7 Å². The van der Waals surface area contributed by atoms with E-state index < -0.39 is 0 Å². The topological polar surface area (TPSA) is 70.7 Å². The Bertz CT molecular complexity index is 1670. The lowest BCUT2D eigenvalue weighted by molar-refractivity contribution is -0.119. The molecule has 6 nitrogen and oxygen atoms in total. The van der Waals surface area contributed by atoms with Crippen LogP contribution in [0.2, 0.25) is 0 Å². The summed E-state index contributed by atoms with van der Waals surface area (Å²) in [6, 6.07) is 44.4. The van der Waals surface area contributed by atoms with E-state index in [1.807, 2.05) is 115 Å². The van der Waals surface area contributed by atoms with Crippen molar-refractivity contribution in [1.82, 2.24) is 0 Å². The van der Waals surface area contributed by atoms with Gasteiger partial charge < -0.3 is 20.3 Å². The van der Waals surface area contributed by atoms with Crippen molar-refractivity contribution in [2.24, 2.45) is 5.92 Å². The molecular weight excluding hydrogens is 546 g/mol. The van der Waals surface area contributed by atoms with Crippen LogP contribution in [-0.4, -0.2) is 24.9 Å². The minimum Gasteiger partial charge on any atom is -0.457 e. The fraction of sp³-hybridized carbons (Fsp3) is 0.158. The van der Waals surface area contributed by atoms with Crippen molar-refractivity contribution >= 4 is 28.9 Å². The smallest absolute Gasteiger partial charge is 0.259 e. The Balaban J connectivity index is 1.09. The third kappa shape index (κ3) is 6.98. The summed E-state index contributed by atoms with van der Waals surface area (Å²) in [5.74, 6) is 0.997. The summed E-state index contributed by atoms with van der Waals surface area (Å²) in [5, 5.41) is 6.14. The second-order valence-corrected chi connectivity index (χ2v) is 11.0. The summed E-state index contributed by atoms with van der Waals surface area (Å²) in [4.78, 5) is 29.1. The number of carbonyl (C=O) groups excluding carboxylic acids is 2. The van der Waals surface area contributed by atoms with Crippen molar-refractivity contribution in [3.8, 4) is 11.5 Å². The Hall–Kier alpha value is -5.36. The van der Waals surface area contributed by atoms with Crippen LogP contribution in [0.4, 0.5) is 17.1 Å². The Morgan fingerprint density at radius 2 is 1.20 bits per heavy atom. The summed E-state index contributed by atoms with van der Waals surface area (Å²) < 4.78 is 5.97. The summed E-state index contributed by atoms with van der Waals surface area (Å²) >= 11 is 0. The number of amides is 2. The van der Waals surface area contributed by atoms with E-state index in [9.17, 15) is 9.59 Å². The monoisotopic (exact) mass is 581 g/mol. The van der Waals surface area contributed by atoms with Gasteiger partial charge >= 0.3 is 0 Å². The van der Waals surface area contributed by atoms with Crippen LogP contribution in [0.5, 0.6) is 11.5 Å². The van der Waals surface area contributed by atoms with Crippen LogP contribution in [0.3, 0.4) is 0 Å². The molecule has 1 fully saturated rings. The summed E-state index contributed by atoms with van der Waals surface area (Å²) in [6.07, 6.45) is 1.80. The number of hydrogen-bond donors (Lipinski definition) is 2. The zero-order valence-electron chi connectivity index (χ0n) is 24.4. The van der Waals surface area contributed by atoms with Crippen molar-refractivity contribution in [3.05, 3.63) is 151 Å². The highest BCUT2D eigenvalue weighted by atomic mass is 16.5. The number of benzene rings is 5. The minimum atomic E-state index is -0.231. The Morgan fingerprint density at radius 3 is 1.89 bits per heavy atom. The van der Waals surface area contributed by atoms with Gasteiger partial charge in [0.25, 0.3) is 5.91 Å². The number of anilines is 3. The standard InChI is InChI=1S/C38H35N3O3/c42-37(34-18-10-11-19-35(34)44-33-16-8-3-9-17-33)39-31-20-22-32(23-21-31)41-26-24-29(25-27-41)36(28-12-4-1-5-13-28)38(43)40-30-14-6-2-7-15-30/h1-23,29,36H,24-27H2,(H,39,42)(H,40,43). The molecule has 0 radical (unpaired) electrons. The van der Waals surface area contributed by atoms with Gasteiger partial charge in [-0.05, 0) is 85.0 Å². The highest BCUT2D eigenvalue weighted by Crippen LogP contribution is 2.35. The number of piperidine rings is 1. The average Bonchev–Trinajstić information content (AvgIpc) is 3.07. The highest BCUT2D eigenvalue weighted by molar-refractivity contribution is 6.06. The molecule has 0 saturated carbocycles. The van der Waals surface area contributed by atoms with Crippen LogP contribution in [-0.2, 0) is 4.79 Å². The van der Waals surface area contributed by atoms with Gasteiger partial charge in [0, 0.05) is 30.2 Å². The predicted molar refractivity (Wildman–Crippen MR) is 177 cm³/mol. The van der Waals surface area contributed by atoms with E-state index in [4.69, 9.17) is 4.74 Å². The van der Waals surface area contributed by atoms with E-state index in [0.717, 1.165) is 42.9 Å². The van der Waals surface area contributed by atoms with Crippen molar-refractivity contribution in [2.75, 3.05) is 28.6 Å². The molecule has 1 heterocycles. The lowest BCUT2D eigenvalue weighted by Gasteiger charge is -2.37. The molecule has 1 unspecified atom stereocenters. The molecule has 0 bridgehead atoms. The fourth-order valence-corrected chi connectivity index (χ4v) is 5.84. The highest BCUT2D eigenvalue weighted by Gasteiger charge is 2.33. The molecular formula is C38H35N3O3. The summed E-state index contributed by atoms with van der Waals surface area (Å²) in [5.41, 5.74) is 4.14. The van der Waals surface area contributed by atoms with E-state index in [2.05, 4.69) is 27.7 Å². The lowest BCUT2D eigenvalue weighted by atomic mass is 9.79. The lowest BCUT2D eigenvalue weighted by Crippen LogP contribution is -2.38. The van der Waals surface area contributed by atoms with Crippen molar-refractivity contribution in [1.29, 1.82) is 0 Å². The molecule has 6 heteroatoms. The maximum absolute atomic E-state index is 13.5. The van der Waals surface area contributed by atoms with E-state index in [0.29, 0.717) is 22.7 Å². The summed E-state index contributed by atoms with van der Waals surface area (Å²) in [6.45, 7) is 1.70. The molecule has 1 aliphatic rings. The molecule has 0 aliphatic carbocycles. The van der Waals surface area contributed by atoms with Crippen LogP contribution >= 0.6 is 0 Å². The number of carbonyl (C=O) groups is 2. The molecule has 44 heavy (non-hydrogen) atoms. The number of para-hydroxylation sites is 3. The first-order valence-corrected chi connectivity index (χ1v) is 15.0. The van der Waals surface area contributed by atoms with Crippen LogP contribution < -0.4 is 20.3 Å². The van der Waals surface area contributed by atoms with Gasteiger partial charge in [-0.1, -0.05) is 78.9 Å². The number of ether oxygens (including phenoxy) is 1. The zero-order chi connectivity index (χ0) is 30.1. The Kier molecular flexibility index (Phi) is 8.98. The molecule has 1 aliphatic heterocycles. The van der Waals surface area contributed by atoms with Gasteiger partial charge in [-0.3, -0.25) is 9.59 Å². The second-order valence-electron chi connectivity index (χ2n) is 11.0. The number of nitrogens with one attached hydrogen (secondary N) is 2. The molecule has 220 valence electrons. The van der Waals surface area contributed by atoms with Crippen molar-refractivity contribution < 1.29 is 14.3 Å². The SMILES string of the molecule is O=C(Nc1ccc(N2CCC(C(C(=O)Nc3ccccc3)c3ccccc3)CC2)cc1)c1ccccc1Oc1ccccc1. The first kappa shape index (κ1) is 28.7. The molecule has 1 saturated heterocycles. The van der Waals surface area contributed by atoms with E-state index >= 15 is 0 Å². The Morgan fingerprint density at radius 1 is 0.636 bits per heavy atom. The predicted octanol–water partition coefficient (Wildman–Crippen LogP) is 8.37. The largest absolute Gasteiger partial charge is 0.457 e. The molecule has 5 aromatic carbocycles. The zero-order valence-corrected chi connectivity index (χ0v) is 24.4. The first-order chi connectivity index (χ1) is 21.6. The van der Waals surface area contributed by atoms with Gasteiger partial charge in [-0.25, -0.2) is 0 Å². The van der Waals surface area contributed by atoms with Crippen LogP contribution in [0.15, 0.2) is 140 Å².